The van der Waals surface area contributed by atoms with E-state index in [-0.39, 0.29) is 17.6 Å². The molecule has 2 aromatic carbocycles. The van der Waals surface area contributed by atoms with Gasteiger partial charge in [0.05, 0.1) is 0 Å². The highest BCUT2D eigenvalue weighted by Crippen LogP contribution is 2.27. The van der Waals surface area contributed by atoms with Gasteiger partial charge in [-0.2, -0.15) is 0 Å². The summed E-state index contributed by atoms with van der Waals surface area (Å²) in [5.74, 6) is -0.903. The molecule has 3 aromatic rings. The summed E-state index contributed by atoms with van der Waals surface area (Å²) in [6, 6.07) is 11.6. The first-order chi connectivity index (χ1) is 15.5. The Hall–Kier alpha value is -3.33. The Labute approximate surface area is 188 Å². The van der Waals surface area contributed by atoms with E-state index in [0.29, 0.717) is 41.6 Å². The van der Waals surface area contributed by atoms with Gasteiger partial charge in [-0.15, -0.1) is 11.3 Å². The van der Waals surface area contributed by atoms with E-state index in [1.165, 1.54) is 35.6 Å². The van der Waals surface area contributed by atoms with Crippen molar-refractivity contribution in [2.75, 3.05) is 25.0 Å². The molecule has 0 saturated carbocycles. The topological polar surface area (TPSA) is 74.3 Å². The Morgan fingerprint density at radius 2 is 2.00 bits per heavy atom. The zero-order valence-corrected chi connectivity index (χ0v) is 18.0. The van der Waals surface area contributed by atoms with Gasteiger partial charge >= 0.3 is 6.03 Å². The highest BCUT2D eigenvalue weighted by atomic mass is 32.1. The predicted octanol–water partition coefficient (Wildman–Crippen LogP) is 4.76. The van der Waals surface area contributed by atoms with Crippen LogP contribution >= 0.6 is 11.3 Å². The van der Waals surface area contributed by atoms with Crippen LogP contribution in [0.2, 0.25) is 0 Å². The number of halogens is 2. The molecule has 0 radical (unpaired) electrons. The molecule has 2 N–H and O–H groups in total. The molecule has 1 fully saturated rings. The van der Waals surface area contributed by atoms with Crippen LogP contribution in [0.4, 0.5) is 19.3 Å². The molecule has 3 amide bonds. The van der Waals surface area contributed by atoms with Crippen molar-refractivity contribution in [3.05, 3.63) is 71.2 Å². The fraction of sp³-hybridized carbons (Fsp3) is 0.261. The second-order valence-corrected chi connectivity index (χ2v) is 8.48. The van der Waals surface area contributed by atoms with Crippen molar-refractivity contribution in [1.29, 1.82) is 0 Å². The van der Waals surface area contributed by atoms with Crippen LogP contribution in [0.15, 0.2) is 53.9 Å². The standard InChI is InChI=1S/C23H22F2N4O2S/c24-16-6-3-7-17(11-16)27-23(31)26-12-15-5-4-10-29(13-15)22(30)20-14-32-21(28-20)18-8-1-2-9-19(18)25/h1-3,6-9,11,14-15H,4-5,10,12-13H2,(H2,26,27,31). The third-order valence-corrected chi connectivity index (χ3v) is 6.14. The molecule has 1 unspecified atom stereocenters. The molecule has 6 nitrogen and oxygen atoms in total. The average Bonchev–Trinajstić information content (AvgIpc) is 3.28. The van der Waals surface area contributed by atoms with Crippen molar-refractivity contribution in [1.82, 2.24) is 15.2 Å². The lowest BCUT2D eigenvalue weighted by Gasteiger charge is -2.32. The summed E-state index contributed by atoms with van der Waals surface area (Å²) in [4.78, 5) is 31.1. The molecule has 1 aliphatic heterocycles. The van der Waals surface area contributed by atoms with Crippen molar-refractivity contribution in [2.24, 2.45) is 5.92 Å². The number of carbonyl (C=O) groups is 2. The van der Waals surface area contributed by atoms with E-state index in [4.69, 9.17) is 0 Å². The molecule has 1 aliphatic rings. The molecule has 0 aliphatic carbocycles. The summed E-state index contributed by atoms with van der Waals surface area (Å²) in [6.07, 6.45) is 1.69. The summed E-state index contributed by atoms with van der Waals surface area (Å²) in [5.41, 5.74) is 1.05. The quantitative estimate of drug-likeness (QED) is 0.581. The molecule has 166 valence electrons. The minimum absolute atomic E-state index is 0.0932. The van der Waals surface area contributed by atoms with Crippen LogP contribution in [0.3, 0.4) is 0 Å². The van der Waals surface area contributed by atoms with Crippen molar-refractivity contribution < 1.29 is 18.4 Å². The number of aromatic nitrogens is 1. The third kappa shape index (κ3) is 5.28. The smallest absolute Gasteiger partial charge is 0.319 e. The number of carbonyl (C=O) groups excluding carboxylic acids is 2. The average molecular weight is 457 g/mol. The van der Waals surface area contributed by atoms with Crippen LogP contribution in [0.25, 0.3) is 10.6 Å². The summed E-state index contributed by atoms with van der Waals surface area (Å²) in [6.45, 7) is 1.49. The maximum absolute atomic E-state index is 14.0. The Bertz CT molecular complexity index is 1120. The molecule has 1 atom stereocenters. The Kier molecular flexibility index (Phi) is 6.75. The summed E-state index contributed by atoms with van der Waals surface area (Å²) in [5, 5.41) is 7.50. The maximum Gasteiger partial charge on any atom is 0.319 e. The van der Waals surface area contributed by atoms with E-state index in [9.17, 15) is 18.4 Å². The highest BCUT2D eigenvalue weighted by Gasteiger charge is 2.26. The van der Waals surface area contributed by atoms with Crippen molar-refractivity contribution >= 4 is 29.0 Å². The Balaban J connectivity index is 1.32. The summed E-state index contributed by atoms with van der Waals surface area (Å²) in [7, 11) is 0. The number of amides is 3. The van der Waals surface area contributed by atoms with Crippen LogP contribution in [-0.2, 0) is 0 Å². The van der Waals surface area contributed by atoms with Crippen molar-refractivity contribution in [3.8, 4) is 10.6 Å². The Morgan fingerprint density at radius 1 is 1.16 bits per heavy atom. The van der Waals surface area contributed by atoms with Crippen LogP contribution in [0.5, 0.6) is 0 Å². The Morgan fingerprint density at radius 3 is 2.81 bits per heavy atom. The minimum Gasteiger partial charge on any atom is -0.338 e. The van der Waals surface area contributed by atoms with Gasteiger partial charge in [-0.25, -0.2) is 18.6 Å². The first-order valence-corrected chi connectivity index (χ1v) is 11.2. The molecular weight excluding hydrogens is 434 g/mol. The van der Waals surface area contributed by atoms with Crippen LogP contribution in [0.1, 0.15) is 23.3 Å². The van der Waals surface area contributed by atoms with E-state index in [1.54, 1.807) is 34.5 Å². The number of nitrogens with zero attached hydrogens (tertiary/aromatic N) is 2. The van der Waals surface area contributed by atoms with Crippen molar-refractivity contribution in [3.63, 3.8) is 0 Å². The lowest BCUT2D eigenvalue weighted by molar-refractivity contribution is 0.0670. The van der Waals surface area contributed by atoms with E-state index in [0.717, 1.165) is 12.8 Å². The van der Waals surface area contributed by atoms with Gasteiger partial charge in [-0.05, 0) is 49.1 Å². The lowest BCUT2D eigenvalue weighted by atomic mass is 9.98. The summed E-state index contributed by atoms with van der Waals surface area (Å²) >= 11 is 1.24. The molecule has 4 rings (SSSR count). The van der Waals surface area contributed by atoms with Gasteiger partial charge in [0.1, 0.15) is 22.3 Å². The van der Waals surface area contributed by atoms with Gasteiger partial charge in [0.15, 0.2) is 0 Å². The number of piperidine rings is 1. The van der Waals surface area contributed by atoms with Crippen LogP contribution < -0.4 is 10.6 Å². The predicted molar refractivity (Wildman–Crippen MR) is 120 cm³/mol. The van der Waals surface area contributed by atoms with Gasteiger partial charge in [0, 0.05) is 36.3 Å². The van der Waals surface area contributed by atoms with E-state index < -0.39 is 11.8 Å². The van der Waals surface area contributed by atoms with Gasteiger partial charge in [0.25, 0.3) is 5.91 Å². The number of anilines is 1. The molecule has 9 heteroatoms. The molecule has 1 aromatic heterocycles. The van der Waals surface area contributed by atoms with Gasteiger partial charge in [0.2, 0.25) is 0 Å². The molecule has 32 heavy (non-hydrogen) atoms. The molecule has 1 saturated heterocycles. The molecular formula is C23H22F2N4O2S. The SMILES string of the molecule is O=C(NCC1CCCN(C(=O)c2csc(-c3ccccc3F)n2)C1)Nc1cccc(F)c1. The van der Waals surface area contributed by atoms with E-state index in [1.807, 2.05) is 0 Å². The number of benzene rings is 2. The number of hydrogen-bond acceptors (Lipinski definition) is 4. The van der Waals surface area contributed by atoms with E-state index >= 15 is 0 Å². The lowest BCUT2D eigenvalue weighted by Crippen LogP contribution is -2.44. The normalized spacial score (nSPS) is 15.9. The number of urea groups is 1. The van der Waals surface area contributed by atoms with E-state index in [2.05, 4.69) is 15.6 Å². The number of nitrogens with one attached hydrogen (secondary N) is 2. The first-order valence-electron chi connectivity index (χ1n) is 10.3. The zero-order valence-electron chi connectivity index (χ0n) is 17.2. The molecule has 0 bridgehead atoms. The molecule has 0 spiro atoms. The largest absolute Gasteiger partial charge is 0.338 e. The number of hydrogen-bond donors (Lipinski definition) is 2. The fourth-order valence-corrected chi connectivity index (χ4v) is 4.51. The highest BCUT2D eigenvalue weighted by molar-refractivity contribution is 7.13. The van der Waals surface area contributed by atoms with Gasteiger partial charge in [-0.1, -0.05) is 18.2 Å². The number of thiazole rings is 1. The third-order valence-electron chi connectivity index (χ3n) is 5.27. The first kappa shape index (κ1) is 21.9. The number of likely N-dealkylation sites (tertiary alicyclic amines) is 1. The maximum atomic E-state index is 14.0. The molecule has 2 heterocycles. The monoisotopic (exact) mass is 456 g/mol. The van der Waals surface area contributed by atoms with Crippen LogP contribution in [0, 0.1) is 17.6 Å². The van der Waals surface area contributed by atoms with Gasteiger partial charge < -0.3 is 15.5 Å². The van der Waals surface area contributed by atoms with Gasteiger partial charge in [-0.3, -0.25) is 4.79 Å². The van der Waals surface area contributed by atoms with Crippen LogP contribution in [-0.4, -0.2) is 41.5 Å². The summed E-state index contributed by atoms with van der Waals surface area (Å²) < 4.78 is 27.3. The van der Waals surface area contributed by atoms with Crippen molar-refractivity contribution in [2.45, 2.75) is 12.8 Å². The second-order valence-electron chi connectivity index (χ2n) is 7.62. The fourth-order valence-electron chi connectivity index (χ4n) is 3.69. The zero-order chi connectivity index (χ0) is 22.5. The minimum atomic E-state index is -0.426. The second kappa shape index (κ2) is 9.86. The number of rotatable bonds is 5.